The Morgan fingerprint density at radius 3 is 2.53 bits per heavy atom. The standard InChI is InChI=1S/C8H8BF3NS.K/c1-7(9(10,11)12)6-14-8-4-2-3-5-13-8;/h2-5H,1,6H2;/q-1;+1. The largest absolute Gasteiger partial charge is 1.00 e. The van der Waals surface area contributed by atoms with Crippen LogP contribution in [0.3, 0.4) is 0 Å². The SMILES string of the molecule is C=C(CSc1ccccn1)[B-](F)(F)F.[K+]. The van der Waals surface area contributed by atoms with Crippen molar-refractivity contribution in [3.05, 3.63) is 36.4 Å². The summed E-state index contributed by atoms with van der Waals surface area (Å²) in [5, 5.41) is 0.578. The average Bonchev–Trinajstić information content (AvgIpc) is 2.14. The van der Waals surface area contributed by atoms with Gasteiger partial charge in [-0.05, 0) is 17.9 Å². The van der Waals surface area contributed by atoms with Gasteiger partial charge in [0.05, 0.1) is 5.03 Å². The molecule has 0 radical (unpaired) electrons. The minimum Gasteiger partial charge on any atom is -0.445 e. The van der Waals surface area contributed by atoms with Gasteiger partial charge in [0, 0.05) is 6.20 Å². The smallest absolute Gasteiger partial charge is 0.445 e. The van der Waals surface area contributed by atoms with Gasteiger partial charge < -0.3 is 12.9 Å². The molecular formula is C8H8BF3KNS. The first-order valence-corrected chi connectivity index (χ1v) is 4.90. The molecule has 0 bridgehead atoms. The van der Waals surface area contributed by atoms with Crippen molar-refractivity contribution in [3.8, 4) is 0 Å². The van der Waals surface area contributed by atoms with Crippen LogP contribution in [0.1, 0.15) is 0 Å². The van der Waals surface area contributed by atoms with Gasteiger partial charge in [0.2, 0.25) is 0 Å². The molecule has 1 nitrogen and oxygen atoms in total. The fraction of sp³-hybridized carbons (Fsp3) is 0.125. The summed E-state index contributed by atoms with van der Waals surface area (Å²) in [7, 11) is 0. The minimum atomic E-state index is -4.91. The fourth-order valence-corrected chi connectivity index (χ4v) is 1.53. The molecule has 0 aliphatic carbocycles. The van der Waals surface area contributed by atoms with Crippen molar-refractivity contribution in [2.75, 3.05) is 5.75 Å². The molecular weight excluding hydrogens is 249 g/mol. The average molecular weight is 257 g/mol. The van der Waals surface area contributed by atoms with Crippen LogP contribution < -0.4 is 51.4 Å². The summed E-state index contributed by atoms with van der Waals surface area (Å²) in [6, 6.07) is 5.12. The summed E-state index contributed by atoms with van der Waals surface area (Å²) in [5.41, 5.74) is -0.680. The molecule has 0 N–H and O–H groups in total. The van der Waals surface area contributed by atoms with Gasteiger partial charge in [0.15, 0.2) is 0 Å². The van der Waals surface area contributed by atoms with Crippen molar-refractivity contribution in [3.63, 3.8) is 0 Å². The molecule has 0 spiro atoms. The van der Waals surface area contributed by atoms with Crippen molar-refractivity contribution >= 4 is 18.7 Å². The van der Waals surface area contributed by atoms with E-state index in [4.69, 9.17) is 0 Å². The third-order valence-electron chi connectivity index (χ3n) is 1.51. The Labute approximate surface area is 133 Å². The summed E-state index contributed by atoms with van der Waals surface area (Å²) < 4.78 is 36.2. The monoisotopic (exact) mass is 257 g/mol. The first kappa shape index (κ1) is 15.7. The second-order valence-corrected chi connectivity index (χ2v) is 3.69. The van der Waals surface area contributed by atoms with Crippen LogP contribution in [0.4, 0.5) is 12.9 Å². The number of thioether (sulfide) groups is 1. The number of pyridine rings is 1. The van der Waals surface area contributed by atoms with Crippen molar-refractivity contribution in [1.29, 1.82) is 0 Å². The van der Waals surface area contributed by atoms with Crippen molar-refractivity contribution in [1.82, 2.24) is 4.98 Å². The first-order valence-electron chi connectivity index (χ1n) is 3.91. The van der Waals surface area contributed by atoms with E-state index in [9.17, 15) is 12.9 Å². The molecule has 0 aromatic carbocycles. The normalized spacial score (nSPS) is 10.6. The Morgan fingerprint density at radius 2 is 2.07 bits per heavy atom. The second-order valence-electron chi connectivity index (χ2n) is 2.69. The maximum absolute atomic E-state index is 12.1. The zero-order valence-corrected chi connectivity index (χ0v) is 12.2. The third-order valence-corrected chi connectivity index (χ3v) is 2.56. The van der Waals surface area contributed by atoms with E-state index >= 15 is 0 Å². The number of nitrogens with zero attached hydrogens (tertiary/aromatic N) is 1. The van der Waals surface area contributed by atoms with Gasteiger partial charge in [-0.15, -0.1) is 23.8 Å². The van der Waals surface area contributed by atoms with E-state index in [0.717, 1.165) is 11.8 Å². The van der Waals surface area contributed by atoms with Crippen LogP contribution in [0.25, 0.3) is 0 Å². The first-order chi connectivity index (χ1) is 6.50. The van der Waals surface area contributed by atoms with Crippen LogP contribution >= 0.6 is 11.8 Å². The maximum atomic E-state index is 12.1. The van der Waals surface area contributed by atoms with E-state index in [2.05, 4.69) is 11.6 Å². The Hall–Kier alpha value is 0.731. The van der Waals surface area contributed by atoms with Gasteiger partial charge in [-0.2, -0.15) is 0 Å². The van der Waals surface area contributed by atoms with Crippen LogP contribution in [0.2, 0.25) is 0 Å². The molecule has 0 saturated carbocycles. The van der Waals surface area contributed by atoms with E-state index < -0.39 is 12.4 Å². The zero-order chi connectivity index (χ0) is 10.6. The number of halogens is 3. The van der Waals surface area contributed by atoms with Crippen LogP contribution in [0, 0.1) is 0 Å². The van der Waals surface area contributed by atoms with E-state index in [1.54, 1.807) is 24.4 Å². The number of rotatable bonds is 4. The van der Waals surface area contributed by atoms with E-state index in [0.29, 0.717) is 5.03 Å². The molecule has 0 aliphatic heterocycles. The molecule has 15 heavy (non-hydrogen) atoms. The van der Waals surface area contributed by atoms with Gasteiger partial charge in [-0.25, -0.2) is 4.98 Å². The van der Waals surface area contributed by atoms with Gasteiger partial charge in [0.1, 0.15) is 0 Å². The Morgan fingerprint density at radius 1 is 1.40 bits per heavy atom. The van der Waals surface area contributed by atoms with Crippen LogP contribution in [0.5, 0.6) is 0 Å². The molecule has 0 atom stereocenters. The summed E-state index contributed by atoms with van der Waals surface area (Å²) in [6.45, 7) is -1.92. The maximum Gasteiger partial charge on any atom is 1.00 e. The third kappa shape index (κ3) is 6.13. The van der Waals surface area contributed by atoms with E-state index in [1.807, 2.05) is 0 Å². The van der Waals surface area contributed by atoms with Crippen LogP contribution in [-0.2, 0) is 0 Å². The fourth-order valence-electron chi connectivity index (χ4n) is 0.694. The Kier molecular flexibility index (Phi) is 7.48. The molecule has 7 heteroatoms. The summed E-state index contributed by atoms with van der Waals surface area (Å²) in [4.78, 5) is 3.89. The molecule has 0 saturated heterocycles. The summed E-state index contributed by atoms with van der Waals surface area (Å²) >= 11 is 1.04. The molecule has 0 amide bonds. The van der Waals surface area contributed by atoms with Crippen molar-refractivity contribution < 1.29 is 64.3 Å². The van der Waals surface area contributed by atoms with Gasteiger partial charge in [-0.1, -0.05) is 6.07 Å². The molecule has 0 aliphatic rings. The Balaban J connectivity index is 0.00000196. The van der Waals surface area contributed by atoms with E-state index in [1.165, 1.54) is 0 Å². The predicted molar refractivity (Wildman–Crippen MR) is 53.2 cm³/mol. The predicted octanol–water partition coefficient (Wildman–Crippen LogP) is 0.120. The minimum absolute atomic E-state index is 0. The molecule has 1 aromatic heterocycles. The van der Waals surface area contributed by atoms with Gasteiger partial charge >= 0.3 is 58.4 Å². The molecule has 76 valence electrons. The van der Waals surface area contributed by atoms with Crippen molar-refractivity contribution in [2.45, 2.75) is 5.03 Å². The van der Waals surface area contributed by atoms with Gasteiger partial charge in [-0.3, -0.25) is 0 Å². The van der Waals surface area contributed by atoms with Crippen LogP contribution in [-0.4, -0.2) is 17.7 Å². The number of aromatic nitrogens is 1. The molecule has 0 unspecified atom stereocenters. The van der Waals surface area contributed by atoms with Gasteiger partial charge in [0.25, 0.3) is 0 Å². The quantitative estimate of drug-likeness (QED) is 0.561. The molecule has 1 aromatic rings. The molecule has 1 rings (SSSR count). The van der Waals surface area contributed by atoms with E-state index in [-0.39, 0.29) is 57.1 Å². The molecule has 1 heterocycles. The molecule has 0 fully saturated rings. The zero-order valence-electron chi connectivity index (χ0n) is 8.29. The number of hydrogen-bond donors (Lipinski definition) is 0. The summed E-state index contributed by atoms with van der Waals surface area (Å²) in [6.07, 6.45) is 1.55. The van der Waals surface area contributed by atoms with Crippen molar-refractivity contribution in [2.24, 2.45) is 0 Å². The number of hydrogen-bond acceptors (Lipinski definition) is 2. The van der Waals surface area contributed by atoms with Crippen LogP contribution in [0.15, 0.2) is 41.5 Å². The second kappa shape index (κ2) is 7.13. The Bertz CT molecular complexity index is 317. The summed E-state index contributed by atoms with van der Waals surface area (Å²) in [5.74, 6) is -0.152. The topological polar surface area (TPSA) is 12.9 Å².